The van der Waals surface area contributed by atoms with Gasteiger partial charge in [0.2, 0.25) is 10.0 Å². The molecule has 0 unspecified atom stereocenters. The van der Waals surface area contributed by atoms with Crippen LogP contribution in [0.4, 0.5) is 0 Å². The minimum atomic E-state index is -3.72. The molecule has 1 aliphatic rings. The van der Waals surface area contributed by atoms with Crippen LogP contribution >= 0.6 is 0 Å². The Kier molecular flexibility index (Phi) is 3.53. The van der Waals surface area contributed by atoms with Crippen LogP contribution in [-0.4, -0.2) is 20.4 Å². The topological polar surface area (TPSA) is 111 Å². The fourth-order valence-corrected chi connectivity index (χ4v) is 2.33. The van der Waals surface area contributed by atoms with Gasteiger partial charge in [-0.3, -0.25) is 0 Å². The predicted octanol–water partition coefficient (Wildman–Crippen LogP) is -0.0993. The first-order valence-electron chi connectivity index (χ1n) is 5.64. The molecular formula is C11H16N4O2S. The molecule has 0 atom stereocenters. The lowest BCUT2D eigenvalue weighted by Crippen LogP contribution is -2.33. The summed E-state index contributed by atoms with van der Waals surface area (Å²) in [6.45, 7) is 0.193. The molecule has 1 fully saturated rings. The van der Waals surface area contributed by atoms with Crippen LogP contribution in [-0.2, 0) is 16.6 Å². The predicted molar refractivity (Wildman–Crippen MR) is 69.3 cm³/mol. The van der Waals surface area contributed by atoms with Gasteiger partial charge in [-0.25, -0.2) is 18.5 Å². The fourth-order valence-electron chi connectivity index (χ4n) is 1.56. The first kappa shape index (κ1) is 12.8. The van der Waals surface area contributed by atoms with Crippen LogP contribution in [0.2, 0.25) is 0 Å². The number of hydrogen-bond acceptors (Lipinski definition) is 3. The van der Waals surface area contributed by atoms with E-state index in [4.69, 9.17) is 10.9 Å². The smallest absolute Gasteiger partial charge is 0.238 e. The first-order valence-corrected chi connectivity index (χ1v) is 7.18. The maximum atomic E-state index is 11.4. The average Bonchev–Trinajstić information content (AvgIpc) is 3.09. The van der Waals surface area contributed by atoms with Gasteiger partial charge in [-0.1, -0.05) is 18.2 Å². The highest BCUT2D eigenvalue weighted by Crippen LogP contribution is 2.18. The van der Waals surface area contributed by atoms with E-state index in [1.807, 2.05) is 0 Å². The van der Waals surface area contributed by atoms with Gasteiger partial charge in [-0.2, -0.15) is 0 Å². The van der Waals surface area contributed by atoms with Gasteiger partial charge in [0.1, 0.15) is 0 Å². The van der Waals surface area contributed by atoms with Gasteiger partial charge in [0.15, 0.2) is 5.96 Å². The van der Waals surface area contributed by atoms with Crippen LogP contribution in [0.3, 0.4) is 0 Å². The van der Waals surface area contributed by atoms with E-state index >= 15 is 0 Å². The van der Waals surface area contributed by atoms with Gasteiger partial charge in [-0.05, 0) is 24.5 Å². The molecule has 1 saturated carbocycles. The third-order valence-electron chi connectivity index (χ3n) is 2.63. The SMILES string of the molecule is NC(=NCc1ccccc1S(N)(=O)=O)NC1CC1. The number of nitrogens with zero attached hydrogens (tertiary/aromatic N) is 1. The normalized spacial score (nSPS) is 16.6. The molecule has 5 N–H and O–H groups in total. The van der Waals surface area contributed by atoms with Gasteiger partial charge in [0.25, 0.3) is 0 Å². The molecule has 0 aromatic heterocycles. The molecule has 18 heavy (non-hydrogen) atoms. The summed E-state index contributed by atoms with van der Waals surface area (Å²) in [6, 6.07) is 6.92. The lowest BCUT2D eigenvalue weighted by Gasteiger charge is -2.06. The Morgan fingerprint density at radius 2 is 2.06 bits per heavy atom. The van der Waals surface area contributed by atoms with Crippen molar-refractivity contribution in [1.82, 2.24) is 5.32 Å². The minimum absolute atomic E-state index is 0.0907. The second-order valence-corrected chi connectivity index (χ2v) is 5.80. The van der Waals surface area contributed by atoms with E-state index in [1.165, 1.54) is 6.07 Å². The maximum Gasteiger partial charge on any atom is 0.238 e. The molecule has 6 nitrogen and oxygen atoms in total. The molecule has 1 aliphatic carbocycles. The average molecular weight is 268 g/mol. The Balaban J connectivity index is 2.13. The number of rotatable bonds is 4. The second kappa shape index (κ2) is 4.95. The van der Waals surface area contributed by atoms with Crippen molar-refractivity contribution in [2.75, 3.05) is 0 Å². The van der Waals surface area contributed by atoms with Crippen molar-refractivity contribution in [2.24, 2.45) is 15.9 Å². The van der Waals surface area contributed by atoms with Crippen LogP contribution in [0, 0.1) is 0 Å². The molecule has 0 spiro atoms. The molecule has 98 valence electrons. The van der Waals surface area contributed by atoms with E-state index in [9.17, 15) is 8.42 Å². The van der Waals surface area contributed by atoms with Crippen molar-refractivity contribution in [2.45, 2.75) is 30.3 Å². The monoisotopic (exact) mass is 268 g/mol. The van der Waals surface area contributed by atoms with Gasteiger partial charge >= 0.3 is 0 Å². The van der Waals surface area contributed by atoms with Crippen molar-refractivity contribution in [3.8, 4) is 0 Å². The second-order valence-electron chi connectivity index (χ2n) is 4.27. The molecule has 0 radical (unpaired) electrons. The third-order valence-corrected chi connectivity index (χ3v) is 3.64. The summed E-state index contributed by atoms with van der Waals surface area (Å²) in [5, 5.41) is 8.16. The largest absolute Gasteiger partial charge is 0.370 e. The molecule has 0 amide bonds. The number of hydrogen-bond donors (Lipinski definition) is 3. The van der Waals surface area contributed by atoms with Gasteiger partial charge < -0.3 is 11.1 Å². The Morgan fingerprint density at radius 1 is 1.39 bits per heavy atom. The van der Waals surface area contributed by atoms with Crippen molar-refractivity contribution in [1.29, 1.82) is 0 Å². The van der Waals surface area contributed by atoms with Crippen molar-refractivity contribution >= 4 is 16.0 Å². The Labute approximate surface area is 106 Å². The zero-order valence-electron chi connectivity index (χ0n) is 9.83. The van der Waals surface area contributed by atoms with Gasteiger partial charge in [0, 0.05) is 6.04 Å². The summed E-state index contributed by atoms with van der Waals surface area (Å²) < 4.78 is 22.7. The molecule has 0 aliphatic heterocycles. The first-order chi connectivity index (χ1) is 8.47. The highest BCUT2D eigenvalue weighted by molar-refractivity contribution is 7.89. The molecule has 1 aromatic rings. The number of nitrogens with one attached hydrogen (secondary N) is 1. The maximum absolute atomic E-state index is 11.4. The van der Waals surface area contributed by atoms with E-state index < -0.39 is 10.0 Å². The summed E-state index contributed by atoms with van der Waals surface area (Å²) in [6.07, 6.45) is 2.20. The fraction of sp³-hybridized carbons (Fsp3) is 0.364. The number of sulfonamides is 1. The molecule has 0 bridgehead atoms. The Morgan fingerprint density at radius 3 is 2.67 bits per heavy atom. The van der Waals surface area contributed by atoms with E-state index in [2.05, 4.69) is 10.3 Å². The number of nitrogens with two attached hydrogens (primary N) is 2. The quantitative estimate of drug-likeness (QED) is 0.523. The number of aliphatic imine (C=N–C) groups is 1. The number of primary sulfonamides is 1. The lowest BCUT2D eigenvalue weighted by atomic mass is 10.2. The molecule has 0 heterocycles. The summed E-state index contributed by atoms with van der Waals surface area (Å²) >= 11 is 0. The summed E-state index contributed by atoms with van der Waals surface area (Å²) in [5.41, 5.74) is 6.22. The van der Waals surface area contributed by atoms with Crippen LogP contribution < -0.4 is 16.2 Å². The molecule has 2 rings (SSSR count). The number of benzene rings is 1. The molecule has 0 saturated heterocycles. The highest BCUT2D eigenvalue weighted by atomic mass is 32.2. The molecular weight excluding hydrogens is 252 g/mol. The van der Waals surface area contributed by atoms with Crippen LogP contribution in [0.15, 0.2) is 34.2 Å². The van der Waals surface area contributed by atoms with Crippen LogP contribution in [0.5, 0.6) is 0 Å². The Bertz CT molecular complexity index is 564. The zero-order valence-corrected chi connectivity index (χ0v) is 10.7. The number of guanidine groups is 1. The summed E-state index contributed by atoms with van der Waals surface area (Å²) in [5.74, 6) is 0.335. The third kappa shape index (κ3) is 3.44. The highest BCUT2D eigenvalue weighted by Gasteiger charge is 2.21. The van der Waals surface area contributed by atoms with Crippen molar-refractivity contribution < 1.29 is 8.42 Å². The molecule has 7 heteroatoms. The Hall–Kier alpha value is -1.60. The van der Waals surface area contributed by atoms with Crippen molar-refractivity contribution in [3.63, 3.8) is 0 Å². The summed E-state index contributed by atoms with van der Waals surface area (Å²) in [7, 11) is -3.72. The van der Waals surface area contributed by atoms with Gasteiger partial charge in [-0.15, -0.1) is 0 Å². The van der Waals surface area contributed by atoms with Gasteiger partial charge in [0.05, 0.1) is 11.4 Å². The minimum Gasteiger partial charge on any atom is -0.370 e. The van der Waals surface area contributed by atoms with Crippen LogP contribution in [0.1, 0.15) is 18.4 Å². The zero-order chi connectivity index (χ0) is 13.2. The van der Waals surface area contributed by atoms with E-state index in [1.54, 1.807) is 18.2 Å². The van der Waals surface area contributed by atoms with Crippen molar-refractivity contribution in [3.05, 3.63) is 29.8 Å². The van der Waals surface area contributed by atoms with E-state index in [0.29, 0.717) is 17.6 Å². The van der Waals surface area contributed by atoms with E-state index in [-0.39, 0.29) is 11.4 Å². The van der Waals surface area contributed by atoms with E-state index in [0.717, 1.165) is 12.8 Å². The standard InChI is InChI=1S/C11H16N4O2S/c12-11(15-9-5-6-9)14-7-8-3-1-2-4-10(8)18(13,16)17/h1-4,9H,5-7H2,(H3,12,14,15)(H2,13,16,17). The summed E-state index contributed by atoms with van der Waals surface area (Å²) in [4.78, 5) is 4.20. The van der Waals surface area contributed by atoms with Crippen LogP contribution in [0.25, 0.3) is 0 Å². The lowest BCUT2D eigenvalue weighted by molar-refractivity contribution is 0.596. The molecule has 1 aromatic carbocycles.